The van der Waals surface area contributed by atoms with E-state index in [1.165, 1.54) is 0 Å². The molecule has 3 rings (SSSR count). The lowest BCUT2D eigenvalue weighted by molar-refractivity contribution is 0.585. The number of fused-ring (bicyclic) bond motifs is 1. The van der Waals surface area contributed by atoms with Crippen molar-refractivity contribution in [3.05, 3.63) is 18.3 Å². The maximum absolute atomic E-state index is 4.33. The summed E-state index contributed by atoms with van der Waals surface area (Å²) < 4.78 is 0. The van der Waals surface area contributed by atoms with Crippen molar-refractivity contribution >= 4 is 29.3 Å². The third-order valence-electron chi connectivity index (χ3n) is 2.73. The fourth-order valence-electron chi connectivity index (χ4n) is 1.96. The first kappa shape index (κ1) is 11.2. The summed E-state index contributed by atoms with van der Waals surface area (Å²) in [7, 11) is 0. The maximum atomic E-state index is 4.33. The van der Waals surface area contributed by atoms with Gasteiger partial charge in [-0.3, -0.25) is 5.10 Å². The zero-order chi connectivity index (χ0) is 10.1. The normalized spacial score (nSPS) is 16.1. The standard InChI is InChI=1S/C10H13N5.ClH/c1-2-8-9(12-3-1)13-14-10(8)15-6-4-11-5-7-15;/h1-3,11H,4-7H2,(H,12,13,14);1H. The van der Waals surface area contributed by atoms with E-state index in [-0.39, 0.29) is 12.4 Å². The molecule has 16 heavy (non-hydrogen) atoms. The van der Waals surface area contributed by atoms with Crippen molar-refractivity contribution in [2.45, 2.75) is 0 Å². The van der Waals surface area contributed by atoms with E-state index in [1.807, 2.05) is 6.07 Å². The van der Waals surface area contributed by atoms with Crippen molar-refractivity contribution in [1.82, 2.24) is 20.5 Å². The van der Waals surface area contributed by atoms with Crippen molar-refractivity contribution < 1.29 is 0 Å². The van der Waals surface area contributed by atoms with Gasteiger partial charge < -0.3 is 10.2 Å². The number of anilines is 1. The van der Waals surface area contributed by atoms with Crippen molar-refractivity contribution in [3.63, 3.8) is 0 Å². The zero-order valence-electron chi connectivity index (χ0n) is 8.81. The van der Waals surface area contributed by atoms with Gasteiger partial charge in [0, 0.05) is 32.4 Å². The highest BCUT2D eigenvalue weighted by Crippen LogP contribution is 2.21. The number of rotatable bonds is 1. The SMILES string of the molecule is Cl.c1cnc2[nH]nc(N3CCNCC3)c2c1. The molecule has 0 saturated carbocycles. The second-order valence-corrected chi connectivity index (χ2v) is 3.68. The highest BCUT2D eigenvalue weighted by molar-refractivity contribution is 5.87. The molecule has 0 amide bonds. The van der Waals surface area contributed by atoms with Crippen LogP contribution in [0.4, 0.5) is 5.82 Å². The number of H-pyrrole nitrogens is 1. The van der Waals surface area contributed by atoms with Gasteiger partial charge in [-0.25, -0.2) is 4.98 Å². The highest BCUT2D eigenvalue weighted by atomic mass is 35.5. The summed E-state index contributed by atoms with van der Waals surface area (Å²) in [6.45, 7) is 4.06. The quantitative estimate of drug-likeness (QED) is 0.773. The minimum Gasteiger partial charge on any atom is -0.352 e. The third-order valence-corrected chi connectivity index (χ3v) is 2.73. The molecule has 0 aromatic carbocycles. The fourth-order valence-corrected chi connectivity index (χ4v) is 1.96. The number of nitrogens with one attached hydrogen (secondary N) is 2. The van der Waals surface area contributed by atoms with E-state index in [2.05, 4.69) is 31.5 Å². The average molecular weight is 240 g/mol. The Bertz CT molecular complexity index is 463. The second-order valence-electron chi connectivity index (χ2n) is 3.68. The summed E-state index contributed by atoms with van der Waals surface area (Å²) in [5.41, 5.74) is 0.867. The van der Waals surface area contributed by atoms with E-state index in [0.29, 0.717) is 0 Å². The third kappa shape index (κ3) is 1.83. The topological polar surface area (TPSA) is 56.8 Å². The van der Waals surface area contributed by atoms with Gasteiger partial charge in [0.25, 0.3) is 0 Å². The van der Waals surface area contributed by atoms with E-state index >= 15 is 0 Å². The second kappa shape index (κ2) is 4.67. The molecule has 0 atom stereocenters. The van der Waals surface area contributed by atoms with Gasteiger partial charge >= 0.3 is 0 Å². The summed E-state index contributed by atoms with van der Waals surface area (Å²) in [6.07, 6.45) is 1.78. The molecule has 0 radical (unpaired) electrons. The Morgan fingerprint density at radius 3 is 2.88 bits per heavy atom. The Labute approximate surface area is 99.6 Å². The molecule has 0 unspecified atom stereocenters. The maximum Gasteiger partial charge on any atom is 0.160 e. The van der Waals surface area contributed by atoms with Gasteiger partial charge in [0.2, 0.25) is 0 Å². The van der Waals surface area contributed by atoms with E-state index < -0.39 is 0 Å². The van der Waals surface area contributed by atoms with E-state index in [9.17, 15) is 0 Å². The molecule has 0 bridgehead atoms. The molecular weight excluding hydrogens is 226 g/mol. The molecule has 1 saturated heterocycles. The number of hydrogen-bond donors (Lipinski definition) is 2. The van der Waals surface area contributed by atoms with Crippen LogP contribution >= 0.6 is 12.4 Å². The summed E-state index contributed by atoms with van der Waals surface area (Å²) in [5.74, 6) is 1.03. The molecule has 2 N–H and O–H groups in total. The van der Waals surface area contributed by atoms with E-state index in [4.69, 9.17) is 0 Å². The molecule has 0 aliphatic carbocycles. The van der Waals surface area contributed by atoms with Gasteiger partial charge in [0.05, 0.1) is 5.39 Å². The fraction of sp³-hybridized carbons (Fsp3) is 0.400. The van der Waals surface area contributed by atoms with Crippen molar-refractivity contribution in [3.8, 4) is 0 Å². The van der Waals surface area contributed by atoms with Gasteiger partial charge in [0.15, 0.2) is 11.5 Å². The Kier molecular flexibility index (Phi) is 3.26. The van der Waals surface area contributed by atoms with Gasteiger partial charge in [0.1, 0.15) is 0 Å². The smallest absolute Gasteiger partial charge is 0.160 e. The van der Waals surface area contributed by atoms with E-state index in [1.54, 1.807) is 6.20 Å². The van der Waals surface area contributed by atoms with Crippen LogP contribution in [0.1, 0.15) is 0 Å². The van der Waals surface area contributed by atoms with Gasteiger partial charge in [-0.05, 0) is 12.1 Å². The van der Waals surface area contributed by atoms with E-state index in [0.717, 1.165) is 43.0 Å². The van der Waals surface area contributed by atoms with Crippen LogP contribution in [0, 0.1) is 0 Å². The molecule has 6 heteroatoms. The molecule has 1 fully saturated rings. The predicted molar refractivity (Wildman–Crippen MR) is 66.2 cm³/mol. The minimum absolute atomic E-state index is 0. The Morgan fingerprint density at radius 2 is 2.06 bits per heavy atom. The van der Waals surface area contributed by atoms with Crippen LogP contribution in [0.2, 0.25) is 0 Å². The molecule has 86 valence electrons. The molecule has 2 aromatic rings. The van der Waals surface area contributed by atoms with Crippen LogP contribution in [0.5, 0.6) is 0 Å². The Morgan fingerprint density at radius 1 is 1.25 bits per heavy atom. The van der Waals surface area contributed by atoms with Crippen molar-refractivity contribution in [2.24, 2.45) is 0 Å². The zero-order valence-corrected chi connectivity index (χ0v) is 9.63. The molecule has 3 heterocycles. The molecule has 1 aliphatic rings. The summed E-state index contributed by atoms with van der Waals surface area (Å²) in [5, 5.41) is 11.7. The summed E-state index contributed by atoms with van der Waals surface area (Å²) in [4.78, 5) is 6.53. The number of piperazine rings is 1. The molecular formula is C10H14ClN5. The first-order valence-corrected chi connectivity index (χ1v) is 5.20. The van der Waals surface area contributed by atoms with Gasteiger partial charge in [-0.15, -0.1) is 12.4 Å². The van der Waals surface area contributed by atoms with Gasteiger partial charge in [-0.2, -0.15) is 5.10 Å². The van der Waals surface area contributed by atoms with Crippen LogP contribution in [0.3, 0.4) is 0 Å². The number of halogens is 1. The highest BCUT2D eigenvalue weighted by Gasteiger charge is 2.15. The number of pyridine rings is 1. The van der Waals surface area contributed by atoms with Crippen LogP contribution in [0.15, 0.2) is 18.3 Å². The first-order valence-electron chi connectivity index (χ1n) is 5.20. The molecule has 1 aliphatic heterocycles. The van der Waals surface area contributed by atoms with Crippen molar-refractivity contribution in [2.75, 3.05) is 31.1 Å². The number of hydrogen-bond acceptors (Lipinski definition) is 4. The van der Waals surface area contributed by atoms with Crippen molar-refractivity contribution in [1.29, 1.82) is 0 Å². The lowest BCUT2D eigenvalue weighted by Crippen LogP contribution is -2.43. The summed E-state index contributed by atoms with van der Waals surface area (Å²) >= 11 is 0. The van der Waals surface area contributed by atoms with Crippen LogP contribution in [-0.4, -0.2) is 41.4 Å². The lowest BCUT2D eigenvalue weighted by Gasteiger charge is -2.27. The van der Waals surface area contributed by atoms with Gasteiger partial charge in [-0.1, -0.05) is 0 Å². The van der Waals surface area contributed by atoms with Crippen LogP contribution < -0.4 is 10.2 Å². The average Bonchev–Trinajstić information content (AvgIpc) is 2.74. The first-order chi connectivity index (χ1) is 7.45. The largest absolute Gasteiger partial charge is 0.352 e. The number of aromatic nitrogens is 3. The molecule has 0 spiro atoms. The molecule has 5 nitrogen and oxygen atoms in total. The Balaban J connectivity index is 0.000000963. The minimum atomic E-state index is 0. The number of aromatic amines is 1. The lowest BCUT2D eigenvalue weighted by atomic mass is 10.3. The number of nitrogens with zero attached hydrogens (tertiary/aromatic N) is 3. The predicted octanol–water partition coefficient (Wildman–Crippen LogP) is 0.789. The van der Waals surface area contributed by atoms with Crippen LogP contribution in [0.25, 0.3) is 11.0 Å². The molecule has 2 aromatic heterocycles. The Hall–Kier alpha value is -1.33. The summed E-state index contributed by atoms with van der Waals surface area (Å²) in [6, 6.07) is 4.01. The van der Waals surface area contributed by atoms with Crippen LogP contribution in [-0.2, 0) is 0 Å². The monoisotopic (exact) mass is 239 g/mol.